The molecular weight excluding hydrogens is 198 g/mol. The Morgan fingerprint density at radius 1 is 1.31 bits per heavy atom. The topological polar surface area (TPSA) is 35.2 Å². The van der Waals surface area contributed by atoms with Gasteiger partial charge < -0.3 is 10.5 Å². The maximum absolute atomic E-state index is 5.69. The predicted octanol–water partition coefficient (Wildman–Crippen LogP) is 2.93. The van der Waals surface area contributed by atoms with Gasteiger partial charge in [-0.25, -0.2) is 0 Å². The summed E-state index contributed by atoms with van der Waals surface area (Å²) in [6.07, 6.45) is 3.86. The lowest BCUT2D eigenvalue weighted by atomic mass is 9.91. The van der Waals surface area contributed by atoms with E-state index in [9.17, 15) is 0 Å². The zero-order valence-corrected chi connectivity index (χ0v) is 9.99. The fourth-order valence-corrected chi connectivity index (χ4v) is 2.33. The normalized spacial score (nSPS) is 17.1. The summed E-state index contributed by atoms with van der Waals surface area (Å²) in [6, 6.07) is 8.54. The molecule has 1 aliphatic carbocycles. The fourth-order valence-electron chi connectivity index (χ4n) is 2.33. The van der Waals surface area contributed by atoms with E-state index < -0.39 is 0 Å². The first-order chi connectivity index (χ1) is 7.85. The minimum absolute atomic E-state index is 0.667. The molecule has 2 heteroatoms. The number of nitrogens with two attached hydrogens (primary N) is 1. The molecule has 0 radical (unpaired) electrons. The second-order valence-corrected chi connectivity index (χ2v) is 4.52. The van der Waals surface area contributed by atoms with E-state index in [-0.39, 0.29) is 0 Å². The largest absolute Gasteiger partial charge is 0.494 e. The molecule has 0 heterocycles. The predicted molar refractivity (Wildman–Crippen MR) is 66.7 cm³/mol. The van der Waals surface area contributed by atoms with Crippen molar-refractivity contribution in [1.82, 2.24) is 0 Å². The van der Waals surface area contributed by atoms with E-state index in [0.717, 1.165) is 31.2 Å². The van der Waals surface area contributed by atoms with Gasteiger partial charge in [0.25, 0.3) is 0 Å². The van der Waals surface area contributed by atoms with E-state index in [1.165, 1.54) is 18.4 Å². The molecule has 1 saturated carbocycles. The van der Waals surface area contributed by atoms with Gasteiger partial charge in [-0.1, -0.05) is 12.1 Å². The standard InChI is InChI=1S/C14H21NO/c1-2-16-13-7-5-12(6-8-13)14(9-10-15)11-3-4-11/h5-8,11,14H,2-4,9-10,15H2,1H3. The summed E-state index contributed by atoms with van der Waals surface area (Å²) in [6.45, 7) is 3.53. The van der Waals surface area contributed by atoms with Crippen LogP contribution in [0, 0.1) is 5.92 Å². The van der Waals surface area contributed by atoms with Crippen LogP contribution in [-0.4, -0.2) is 13.2 Å². The van der Waals surface area contributed by atoms with E-state index in [1.807, 2.05) is 6.92 Å². The van der Waals surface area contributed by atoms with Crippen LogP contribution in [0.4, 0.5) is 0 Å². The highest BCUT2D eigenvalue weighted by molar-refractivity contribution is 5.30. The summed E-state index contributed by atoms with van der Waals surface area (Å²) >= 11 is 0. The summed E-state index contributed by atoms with van der Waals surface area (Å²) in [4.78, 5) is 0. The number of ether oxygens (including phenoxy) is 1. The van der Waals surface area contributed by atoms with Crippen molar-refractivity contribution in [2.24, 2.45) is 11.7 Å². The van der Waals surface area contributed by atoms with Gasteiger partial charge in [0.1, 0.15) is 5.75 Å². The van der Waals surface area contributed by atoms with Crippen LogP contribution in [0.1, 0.15) is 37.7 Å². The molecule has 0 bridgehead atoms. The molecule has 88 valence electrons. The van der Waals surface area contributed by atoms with Gasteiger partial charge in [-0.3, -0.25) is 0 Å². The third-order valence-electron chi connectivity index (χ3n) is 3.29. The van der Waals surface area contributed by atoms with E-state index >= 15 is 0 Å². The summed E-state index contributed by atoms with van der Waals surface area (Å²) in [5.41, 5.74) is 7.11. The van der Waals surface area contributed by atoms with Crippen LogP contribution < -0.4 is 10.5 Å². The van der Waals surface area contributed by atoms with Gasteiger partial charge in [0.2, 0.25) is 0 Å². The molecule has 1 aromatic carbocycles. The minimum atomic E-state index is 0.667. The third kappa shape index (κ3) is 2.76. The molecule has 2 N–H and O–H groups in total. The van der Waals surface area contributed by atoms with E-state index in [4.69, 9.17) is 10.5 Å². The van der Waals surface area contributed by atoms with Gasteiger partial charge in [0, 0.05) is 0 Å². The Morgan fingerprint density at radius 3 is 2.50 bits per heavy atom. The lowest BCUT2D eigenvalue weighted by Crippen LogP contribution is -2.09. The van der Waals surface area contributed by atoms with E-state index in [2.05, 4.69) is 24.3 Å². The molecule has 1 aliphatic rings. The first kappa shape index (κ1) is 11.5. The SMILES string of the molecule is CCOc1ccc(C(CCN)C2CC2)cc1. The van der Waals surface area contributed by atoms with Gasteiger partial charge >= 0.3 is 0 Å². The Balaban J connectivity index is 2.05. The van der Waals surface area contributed by atoms with Crippen molar-refractivity contribution >= 4 is 0 Å². The molecule has 0 amide bonds. The van der Waals surface area contributed by atoms with Gasteiger partial charge in [0.15, 0.2) is 0 Å². The number of benzene rings is 1. The first-order valence-corrected chi connectivity index (χ1v) is 6.28. The number of hydrogen-bond acceptors (Lipinski definition) is 2. The lowest BCUT2D eigenvalue weighted by Gasteiger charge is -2.16. The molecule has 1 unspecified atom stereocenters. The summed E-state index contributed by atoms with van der Waals surface area (Å²) in [5, 5.41) is 0. The third-order valence-corrected chi connectivity index (χ3v) is 3.29. The molecule has 0 aromatic heterocycles. The smallest absolute Gasteiger partial charge is 0.119 e. The Kier molecular flexibility index (Phi) is 3.83. The minimum Gasteiger partial charge on any atom is -0.494 e. The molecular formula is C14H21NO. The fraction of sp³-hybridized carbons (Fsp3) is 0.571. The number of hydrogen-bond donors (Lipinski definition) is 1. The Labute approximate surface area is 97.8 Å². The van der Waals surface area contributed by atoms with Crippen LogP contribution in [0.2, 0.25) is 0 Å². The van der Waals surface area contributed by atoms with Crippen LogP contribution in [0.5, 0.6) is 5.75 Å². The molecule has 0 aliphatic heterocycles. The monoisotopic (exact) mass is 219 g/mol. The molecule has 16 heavy (non-hydrogen) atoms. The highest BCUT2D eigenvalue weighted by Gasteiger charge is 2.31. The molecule has 0 saturated heterocycles. The van der Waals surface area contributed by atoms with Crippen molar-refractivity contribution in [3.05, 3.63) is 29.8 Å². The van der Waals surface area contributed by atoms with Gasteiger partial charge in [-0.2, -0.15) is 0 Å². The van der Waals surface area contributed by atoms with Crippen molar-refractivity contribution in [3.8, 4) is 5.75 Å². The first-order valence-electron chi connectivity index (χ1n) is 6.28. The highest BCUT2D eigenvalue weighted by Crippen LogP contribution is 2.44. The van der Waals surface area contributed by atoms with Crippen LogP contribution in [-0.2, 0) is 0 Å². The Hall–Kier alpha value is -1.02. The van der Waals surface area contributed by atoms with Crippen LogP contribution in [0.3, 0.4) is 0 Å². The second kappa shape index (κ2) is 5.35. The van der Waals surface area contributed by atoms with Crippen molar-refractivity contribution in [2.45, 2.75) is 32.1 Å². The molecule has 1 fully saturated rings. The van der Waals surface area contributed by atoms with Gasteiger partial charge in [0.05, 0.1) is 6.61 Å². The summed E-state index contributed by atoms with van der Waals surface area (Å²) < 4.78 is 5.45. The quantitative estimate of drug-likeness (QED) is 0.798. The zero-order valence-electron chi connectivity index (χ0n) is 9.99. The maximum atomic E-state index is 5.69. The van der Waals surface area contributed by atoms with Crippen molar-refractivity contribution in [2.75, 3.05) is 13.2 Å². The molecule has 1 aromatic rings. The van der Waals surface area contributed by atoms with E-state index in [0.29, 0.717) is 5.92 Å². The lowest BCUT2D eigenvalue weighted by molar-refractivity contribution is 0.340. The average molecular weight is 219 g/mol. The average Bonchev–Trinajstić information content (AvgIpc) is 3.12. The second-order valence-electron chi connectivity index (χ2n) is 4.52. The van der Waals surface area contributed by atoms with Crippen LogP contribution in [0.25, 0.3) is 0 Å². The Bertz CT molecular complexity index is 316. The van der Waals surface area contributed by atoms with Crippen molar-refractivity contribution in [1.29, 1.82) is 0 Å². The maximum Gasteiger partial charge on any atom is 0.119 e. The van der Waals surface area contributed by atoms with Gasteiger partial charge in [-0.15, -0.1) is 0 Å². The Morgan fingerprint density at radius 2 is 2.00 bits per heavy atom. The van der Waals surface area contributed by atoms with Crippen molar-refractivity contribution in [3.63, 3.8) is 0 Å². The van der Waals surface area contributed by atoms with E-state index in [1.54, 1.807) is 0 Å². The molecule has 2 rings (SSSR count). The summed E-state index contributed by atoms with van der Waals surface area (Å²) in [7, 11) is 0. The number of rotatable bonds is 6. The van der Waals surface area contributed by atoms with Crippen LogP contribution in [0.15, 0.2) is 24.3 Å². The van der Waals surface area contributed by atoms with Crippen molar-refractivity contribution < 1.29 is 4.74 Å². The molecule has 0 spiro atoms. The molecule has 2 nitrogen and oxygen atoms in total. The van der Waals surface area contributed by atoms with Crippen LogP contribution >= 0.6 is 0 Å². The van der Waals surface area contributed by atoms with Gasteiger partial charge in [-0.05, 0) is 62.3 Å². The molecule has 1 atom stereocenters. The summed E-state index contributed by atoms with van der Waals surface area (Å²) in [5.74, 6) is 2.51. The highest BCUT2D eigenvalue weighted by atomic mass is 16.5. The zero-order chi connectivity index (χ0) is 11.4.